The monoisotopic (exact) mass is 386 g/mol. The molecule has 1 heterocycles. The zero-order valence-corrected chi connectivity index (χ0v) is 16.6. The number of hydrogen-bond donors (Lipinski definition) is 0. The molecule has 142 valence electrons. The quantitative estimate of drug-likeness (QED) is 0.645. The first-order valence-electron chi connectivity index (χ1n) is 8.60. The van der Waals surface area contributed by atoms with Gasteiger partial charge in [0.2, 0.25) is 0 Å². The topological polar surface area (TPSA) is 62.1 Å². The number of thiazole rings is 1. The Hall–Kier alpha value is -2.80. The molecule has 1 aromatic heterocycles. The summed E-state index contributed by atoms with van der Waals surface area (Å²) in [6, 6.07) is 10.9. The van der Waals surface area contributed by atoms with E-state index in [1.807, 2.05) is 22.8 Å². The van der Waals surface area contributed by atoms with Gasteiger partial charge in [-0.3, -0.25) is 4.79 Å². The van der Waals surface area contributed by atoms with Gasteiger partial charge in [-0.25, -0.2) is 0 Å². The molecule has 3 rings (SSSR count). The lowest BCUT2D eigenvalue weighted by Gasteiger charge is -2.09. The SMILES string of the molecule is CCCn1c(=NC(=O)c2ccccc2OC)sc2cc(OC)c(OC)cc21. The summed E-state index contributed by atoms with van der Waals surface area (Å²) in [5.74, 6) is 1.48. The van der Waals surface area contributed by atoms with Gasteiger partial charge in [0.1, 0.15) is 5.75 Å². The standard InChI is InChI=1S/C20H22N2O4S/c1-5-10-22-14-11-16(25-3)17(26-4)12-18(14)27-20(22)21-19(23)13-8-6-7-9-15(13)24-2/h6-9,11-12H,5,10H2,1-4H3. The first-order valence-corrected chi connectivity index (χ1v) is 9.42. The molecule has 0 aliphatic carbocycles. The Morgan fingerprint density at radius 3 is 2.37 bits per heavy atom. The molecule has 0 saturated heterocycles. The molecule has 2 aromatic carbocycles. The van der Waals surface area contributed by atoms with Crippen molar-refractivity contribution < 1.29 is 19.0 Å². The van der Waals surface area contributed by atoms with Crippen molar-refractivity contribution in [3.63, 3.8) is 0 Å². The molecule has 27 heavy (non-hydrogen) atoms. The second-order valence-electron chi connectivity index (χ2n) is 5.83. The minimum absolute atomic E-state index is 0.331. The van der Waals surface area contributed by atoms with Crippen LogP contribution in [0.5, 0.6) is 17.2 Å². The van der Waals surface area contributed by atoms with E-state index in [1.165, 1.54) is 11.3 Å². The Bertz CT molecular complexity index is 1040. The highest BCUT2D eigenvalue weighted by Crippen LogP contribution is 2.33. The fourth-order valence-electron chi connectivity index (χ4n) is 2.89. The van der Waals surface area contributed by atoms with E-state index in [4.69, 9.17) is 14.2 Å². The van der Waals surface area contributed by atoms with Crippen LogP contribution in [0.3, 0.4) is 0 Å². The lowest BCUT2D eigenvalue weighted by atomic mass is 10.2. The third kappa shape index (κ3) is 3.68. The summed E-state index contributed by atoms with van der Waals surface area (Å²) < 4.78 is 19.1. The van der Waals surface area contributed by atoms with Gasteiger partial charge in [-0.1, -0.05) is 30.4 Å². The highest BCUT2D eigenvalue weighted by atomic mass is 32.1. The van der Waals surface area contributed by atoms with Gasteiger partial charge in [0.15, 0.2) is 16.3 Å². The number of benzene rings is 2. The van der Waals surface area contributed by atoms with Crippen LogP contribution in [0.4, 0.5) is 0 Å². The van der Waals surface area contributed by atoms with Gasteiger partial charge < -0.3 is 18.8 Å². The maximum Gasteiger partial charge on any atom is 0.283 e. The minimum atomic E-state index is -0.331. The van der Waals surface area contributed by atoms with Crippen LogP contribution >= 0.6 is 11.3 Å². The van der Waals surface area contributed by atoms with Crippen molar-refractivity contribution in [2.45, 2.75) is 19.9 Å². The molecule has 0 atom stereocenters. The van der Waals surface area contributed by atoms with Gasteiger partial charge in [0.25, 0.3) is 5.91 Å². The van der Waals surface area contributed by atoms with Gasteiger partial charge in [-0.2, -0.15) is 4.99 Å². The van der Waals surface area contributed by atoms with Crippen molar-refractivity contribution in [1.82, 2.24) is 4.57 Å². The maximum absolute atomic E-state index is 12.8. The number of rotatable bonds is 6. The Balaban J connectivity index is 2.19. The molecule has 3 aromatic rings. The predicted molar refractivity (Wildman–Crippen MR) is 106 cm³/mol. The van der Waals surface area contributed by atoms with Crippen LogP contribution in [-0.4, -0.2) is 31.8 Å². The van der Waals surface area contributed by atoms with E-state index in [-0.39, 0.29) is 5.91 Å². The summed E-state index contributed by atoms with van der Waals surface area (Å²) in [6.07, 6.45) is 0.913. The molecule has 0 bridgehead atoms. The minimum Gasteiger partial charge on any atom is -0.496 e. The van der Waals surface area contributed by atoms with Crippen molar-refractivity contribution in [3.8, 4) is 17.2 Å². The van der Waals surface area contributed by atoms with E-state index in [1.54, 1.807) is 39.5 Å². The zero-order valence-electron chi connectivity index (χ0n) is 15.8. The molecule has 0 N–H and O–H groups in total. The average molecular weight is 386 g/mol. The number of fused-ring (bicyclic) bond motifs is 1. The molecular weight excluding hydrogens is 364 g/mol. The van der Waals surface area contributed by atoms with E-state index < -0.39 is 0 Å². The largest absolute Gasteiger partial charge is 0.496 e. The van der Waals surface area contributed by atoms with Crippen LogP contribution in [-0.2, 0) is 6.54 Å². The third-order valence-electron chi connectivity index (χ3n) is 4.17. The molecule has 6 nitrogen and oxygen atoms in total. The van der Waals surface area contributed by atoms with E-state index in [9.17, 15) is 4.79 Å². The Labute approximate surface area is 161 Å². The van der Waals surface area contributed by atoms with Gasteiger partial charge in [0, 0.05) is 18.7 Å². The van der Waals surface area contributed by atoms with E-state index in [2.05, 4.69) is 11.9 Å². The Morgan fingerprint density at radius 2 is 1.70 bits per heavy atom. The van der Waals surface area contributed by atoms with Crippen LogP contribution in [0, 0.1) is 0 Å². The number of para-hydroxylation sites is 1. The summed E-state index contributed by atoms with van der Waals surface area (Å²) in [6.45, 7) is 2.83. The van der Waals surface area contributed by atoms with Crippen molar-refractivity contribution in [2.75, 3.05) is 21.3 Å². The molecule has 7 heteroatoms. The van der Waals surface area contributed by atoms with E-state index in [0.717, 1.165) is 23.2 Å². The zero-order chi connectivity index (χ0) is 19.4. The first kappa shape index (κ1) is 19.0. The summed E-state index contributed by atoms with van der Waals surface area (Å²) in [5.41, 5.74) is 1.40. The summed E-state index contributed by atoms with van der Waals surface area (Å²) in [7, 11) is 4.76. The molecule has 0 saturated carbocycles. The number of amides is 1. The van der Waals surface area contributed by atoms with Crippen LogP contribution < -0.4 is 19.0 Å². The lowest BCUT2D eigenvalue weighted by molar-refractivity contribution is 0.0995. The van der Waals surface area contributed by atoms with Crippen LogP contribution in [0.25, 0.3) is 10.2 Å². The number of aromatic nitrogens is 1. The van der Waals surface area contributed by atoms with Crippen LogP contribution in [0.2, 0.25) is 0 Å². The van der Waals surface area contributed by atoms with E-state index >= 15 is 0 Å². The second kappa shape index (κ2) is 8.26. The number of nitrogens with zero attached hydrogens (tertiary/aromatic N) is 2. The lowest BCUT2D eigenvalue weighted by Crippen LogP contribution is -2.17. The Kier molecular flexibility index (Phi) is 5.81. The molecule has 0 fully saturated rings. The van der Waals surface area contributed by atoms with Gasteiger partial charge >= 0.3 is 0 Å². The number of carbonyl (C=O) groups excluding carboxylic acids is 1. The molecule has 0 spiro atoms. The molecular formula is C20H22N2O4S. The second-order valence-corrected chi connectivity index (χ2v) is 6.84. The number of ether oxygens (including phenoxy) is 3. The van der Waals surface area contributed by atoms with Crippen molar-refractivity contribution in [2.24, 2.45) is 4.99 Å². The predicted octanol–water partition coefficient (Wildman–Crippen LogP) is 3.88. The van der Waals surface area contributed by atoms with Crippen LogP contribution in [0.15, 0.2) is 41.4 Å². The first-order chi connectivity index (χ1) is 13.1. The number of methoxy groups -OCH3 is 3. The third-order valence-corrected chi connectivity index (χ3v) is 5.21. The number of aryl methyl sites for hydroxylation is 1. The number of carbonyl (C=O) groups is 1. The highest BCUT2D eigenvalue weighted by molar-refractivity contribution is 7.16. The molecule has 1 amide bonds. The molecule has 0 aliphatic heterocycles. The fraction of sp³-hybridized carbons (Fsp3) is 0.300. The molecule has 0 aliphatic rings. The summed E-state index contributed by atoms with van der Waals surface area (Å²) in [5, 5.41) is 0. The maximum atomic E-state index is 12.8. The normalized spacial score (nSPS) is 11.6. The fourth-order valence-corrected chi connectivity index (χ4v) is 3.95. The molecule has 0 radical (unpaired) electrons. The molecule has 0 unspecified atom stereocenters. The Morgan fingerprint density at radius 1 is 1.04 bits per heavy atom. The number of hydrogen-bond acceptors (Lipinski definition) is 5. The van der Waals surface area contributed by atoms with Crippen molar-refractivity contribution in [1.29, 1.82) is 0 Å². The van der Waals surface area contributed by atoms with Gasteiger partial charge in [0.05, 0.1) is 37.1 Å². The smallest absolute Gasteiger partial charge is 0.283 e. The van der Waals surface area contributed by atoms with Gasteiger partial charge in [-0.05, 0) is 18.6 Å². The summed E-state index contributed by atoms with van der Waals surface area (Å²) >= 11 is 1.45. The van der Waals surface area contributed by atoms with Crippen molar-refractivity contribution >= 4 is 27.5 Å². The van der Waals surface area contributed by atoms with Crippen LogP contribution in [0.1, 0.15) is 23.7 Å². The van der Waals surface area contributed by atoms with Gasteiger partial charge in [-0.15, -0.1) is 0 Å². The van der Waals surface area contributed by atoms with E-state index in [0.29, 0.717) is 27.6 Å². The highest BCUT2D eigenvalue weighted by Gasteiger charge is 2.15. The van der Waals surface area contributed by atoms with Crippen molar-refractivity contribution in [3.05, 3.63) is 46.8 Å². The average Bonchev–Trinajstić information content (AvgIpc) is 3.03. The summed E-state index contributed by atoms with van der Waals surface area (Å²) in [4.78, 5) is 17.8.